The zero-order chi connectivity index (χ0) is 32.8. The number of rotatable bonds is 13. The number of aryl methyl sites for hydroxylation is 1. The quantitative estimate of drug-likeness (QED) is 0.146. The molecule has 6 heterocycles. The number of carbonyl (C=O) groups is 2. The molecule has 0 bridgehead atoms. The van der Waals surface area contributed by atoms with Crippen LogP contribution in [0.2, 0.25) is 0 Å². The third-order valence-electron chi connectivity index (χ3n) is 7.26. The first kappa shape index (κ1) is 32.0. The lowest BCUT2D eigenvalue weighted by molar-refractivity contribution is 0.0639. The number of anilines is 2. The van der Waals surface area contributed by atoms with E-state index in [0.717, 1.165) is 33.1 Å². The van der Waals surface area contributed by atoms with Crippen LogP contribution in [0.3, 0.4) is 0 Å². The summed E-state index contributed by atoms with van der Waals surface area (Å²) >= 11 is 2.81. The van der Waals surface area contributed by atoms with Crippen molar-refractivity contribution in [3.05, 3.63) is 129 Å². The van der Waals surface area contributed by atoms with Crippen LogP contribution in [-0.2, 0) is 30.9 Å². The van der Waals surface area contributed by atoms with Crippen LogP contribution in [0.4, 0.5) is 10.3 Å². The van der Waals surface area contributed by atoms with Crippen molar-refractivity contribution in [2.45, 2.75) is 53.0 Å². The smallest absolute Gasteiger partial charge is 0.274 e. The molecule has 240 valence electrons. The van der Waals surface area contributed by atoms with Gasteiger partial charge in [-0.25, -0.2) is 9.97 Å². The molecule has 0 saturated carbocycles. The minimum Gasteiger partial charge on any atom is -0.372 e. The fourth-order valence-corrected chi connectivity index (χ4v) is 6.46. The van der Waals surface area contributed by atoms with Crippen molar-refractivity contribution in [1.29, 1.82) is 0 Å². The van der Waals surface area contributed by atoms with Gasteiger partial charge in [0.05, 0.1) is 24.1 Å². The molecule has 47 heavy (non-hydrogen) atoms. The number of pyridine rings is 2. The van der Waals surface area contributed by atoms with E-state index in [1.54, 1.807) is 30.7 Å². The Balaban J connectivity index is 1.08. The average molecular weight is 667 g/mol. The highest BCUT2D eigenvalue weighted by Crippen LogP contribution is 2.25. The van der Waals surface area contributed by atoms with Crippen molar-refractivity contribution in [2.75, 3.05) is 10.6 Å². The minimum absolute atomic E-state index is 0.107. The van der Waals surface area contributed by atoms with Crippen LogP contribution in [0.1, 0.15) is 67.9 Å². The summed E-state index contributed by atoms with van der Waals surface area (Å²) in [6.45, 7) is 7.40. The van der Waals surface area contributed by atoms with Gasteiger partial charge in [0.15, 0.2) is 10.3 Å². The second-order valence-electron chi connectivity index (χ2n) is 11.2. The molecule has 0 spiro atoms. The Morgan fingerprint density at radius 3 is 2.21 bits per heavy atom. The molecule has 2 N–H and O–H groups in total. The monoisotopic (exact) mass is 666 g/mol. The largest absolute Gasteiger partial charge is 0.372 e. The van der Waals surface area contributed by atoms with Gasteiger partial charge in [0.25, 0.3) is 11.8 Å². The summed E-state index contributed by atoms with van der Waals surface area (Å²) in [5.74, 6) is -0.446. The van der Waals surface area contributed by atoms with Gasteiger partial charge >= 0.3 is 0 Å². The molecule has 2 amide bonds. The minimum atomic E-state index is -0.229. The van der Waals surface area contributed by atoms with Crippen molar-refractivity contribution in [3.8, 4) is 0 Å². The topological polar surface area (TPSA) is 129 Å². The van der Waals surface area contributed by atoms with E-state index in [-0.39, 0.29) is 17.9 Å². The van der Waals surface area contributed by atoms with Crippen molar-refractivity contribution in [1.82, 2.24) is 29.1 Å². The van der Waals surface area contributed by atoms with E-state index in [2.05, 4.69) is 25.6 Å². The first-order valence-electron chi connectivity index (χ1n) is 15.1. The van der Waals surface area contributed by atoms with E-state index < -0.39 is 0 Å². The molecule has 6 aromatic rings. The highest BCUT2D eigenvalue weighted by molar-refractivity contribution is 7.15. The molecule has 11 nitrogen and oxygen atoms in total. The Hall–Kier alpha value is -4.98. The summed E-state index contributed by atoms with van der Waals surface area (Å²) in [6, 6.07) is 15.1. The van der Waals surface area contributed by atoms with Gasteiger partial charge in [-0.15, -0.1) is 22.7 Å². The predicted octanol–water partition coefficient (Wildman–Crippen LogP) is 6.42. The number of amides is 2. The molecule has 0 aliphatic carbocycles. The summed E-state index contributed by atoms with van der Waals surface area (Å²) in [5, 5.41) is 8.84. The number of nitrogens with one attached hydrogen (secondary N) is 2. The molecule has 0 unspecified atom stereocenters. The van der Waals surface area contributed by atoms with Crippen LogP contribution >= 0.6 is 22.7 Å². The van der Waals surface area contributed by atoms with Gasteiger partial charge in [0.2, 0.25) is 0 Å². The molecule has 0 aromatic carbocycles. The molecule has 0 aliphatic heterocycles. The van der Waals surface area contributed by atoms with Gasteiger partial charge in [-0.1, -0.05) is 0 Å². The summed E-state index contributed by atoms with van der Waals surface area (Å²) in [4.78, 5) is 45.1. The molecule has 13 heteroatoms. The molecule has 0 saturated heterocycles. The third-order valence-corrected chi connectivity index (χ3v) is 8.99. The van der Waals surface area contributed by atoms with Crippen molar-refractivity contribution in [2.24, 2.45) is 0 Å². The summed E-state index contributed by atoms with van der Waals surface area (Å²) in [5.41, 5.74) is 5.62. The number of hydrogen-bond donors (Lipinski definition) is 2. The Labute approximate surface area is 280 Å². The van der Waals surface area contributed by atoms with Crippen molar-refractivity contribution < 1.29 is 14.3 Å². The van der Waals surface area contributed by atoms with E-state index in [9.17, 15) is 9.59 Å². The molecular weight excluding hydrogens is 633 g/mol. The van der Waals surface area contributed by atoms with Gasteiger partial charge in [0.1, 0.15) is 11.4 Å². The van der Waals surface area contributed by atoms with Gasteiger partial charge in [-0.3, -0.25) is 30.2 Å². The molecule has 0 fully saturated rings. The molecule has 6 aromatic heterocycles. The zero-order valence-electron chi connectivity index (χ0n) is 26.2. The fourth-order valence-electron chi connectivity index (χ4n) is 4.94. The van der Waals surface area contributed by atoms with Crippen molar-refractivity contribution >= 4 is 44.8 Å². The van der Waals surface area contributed by atoms with Crippen LogP contribution in [0.15, 0.2) is 84.9 Å². The van der Waals surface area contributed by atoms with Gasteiger partial charge in [0, 0.05) is 66.4 Å². The molecule has 6 rings (SSSR count). The molecular formula is C34H34N8O3S2. The first-order valence-corrected chi connectivity index (χ1v) is 16.8. The van der Waals surface area contributed by atoms with Crippen LogP contribution in [0.5, 0.6) is 0 Å². The second kappa shape index (κ2) is 14.6. The number of ether oxygens (including phenoxy) is 1. The number of hydrogen-bond acceptors (Lipinski definition) is 9. The normalized spacial score (nSPS) is 11.2. The third kappa shape index (κ3) is 8.25. The number of aromatic nitrogens is 6. The lowest BCUT2D eigenvalue weighted by Crippen LogP contribution is -2.17. The van der Waals surface area contributed by atoms with Gasteiger partial charge in [-0.05, 0) is 80.4 Å². The Morgan fingerprint density at radius 1 is 0.851 bits per heavy atom. The maximum absolute atomic E-state index is 13.2. The van der Waals surface area contributed by atoms with Crippen LogP contribution in [-0.4, -0.2) is 47.0 Å². The predicted molar refractivity (Wildman–Crippen MR) is 183 cm³/mol. The van der Waals surface area contributed by atoms with E-state index in [1.807, 2.05) is 84.1 Å². The first-order chi connectivity index (χ1) is 22.8. The second-order valence-corrected chi connectivity index (χ2v) is 13.2. The summed E-state index contributed by atoms with van der Waals surface area (Å²) in [6.07, 6.45) is 9.63. The van der Waals surface area contributed by atoms with Gasteiger partial charge < -0.3 is 13.9 Å². The number of carbonyl (C=O) groups excluding carboxylic acids is 2. The van der Waals surface area contributed by atoms with E-state index in [1.165, 1.54) is 22.7 Å². The van der Waals surface area contributed by atoms with Crippen LogP contribution in [0, 0.1) is 6.92 Å². The molecule has 0 atom stereocenters. The number of thiazole rings is 2. The van der Waals surface area contributed by atoms with E-state index in [0.29, 0.717) is 47.8 Å². The molecule has 0 aliphatic rings. The summed E-state index contributed by atoms with van der Waals surface area (Å²) in [7, 11) is 0. The SMILES string of the molecule is Cc1sc(NC(=O)c2cccn2Cc2ccncc2)nc1Cc1cc(Cn2cccc2C(=O)Nc2nc(COC(C)C)cs2)ccn1. The maximum atomic E-state index is 13.2. The Kier molecular flexibility index (Phi) is 9.95. The van der Waals surface area contributed by atoms with Crippen molar-refractivity contribution in [3.63, 3.8) is 0 Å². The number of nitrogens with zero attached hydrogens (tertiary/aromatic N) is 6. The standard InChI is InChI=1S/C34H34N8O3S2/c1-22(2)45-20-27-21-46-33(37-27)39-31(43)29-6-5-15-42(29)19-25-10-13-36-26(16-25)17-28-23(3)47-34(38-28)40-32(44)30-7-4-14-41(30)18-24-8-11-35-12-9-24/h4-16,21-22H,17-20H2,1-3H3,(H,37,39,43)(H,38,40,44). The highest BCUT2D eigenvalue weighted by Gasteiger charge is 2.17. The Morgan fingerprint density at radius 2 is 1.51 bits per heavy atom. The van der Waals surface area contributed by atoms with E-state index in [4.69, 9.17) is 9.72 Å². The lowest BCUT2D eigenvalue weighted by atomic mass is 10.1. The lowest BCUT2D eigenvalue weighted by Gasteiger charge is -2.10. The maximum Gasteiger partial charge on any atom is 0.274 e. The highest BCUT2D eigenvalue weighted by atomic mass is 32.1. The molecule has 0 radical (unpaired) electrons. The summed E-state index contributed by atoms with van der Waals surface area (Å²) < 4.78 is 9.41. The zero-order valence-corrected chi connectivity index (χ0v) is 27.8. The van der Waals surface area contributed by atoms with Crippen LogP contribution in [0.25, 0.3) is 0 Å². The van der Waals surface area contributed by atoms with Gasteiger partial charge in [-0.2, -0.15) is 0 Å². The Bertz CT molecular complexity index is 1980. The van der Waals surface area contributed by atoms with Crippen LogP contribution < -0.4 is 10.6 Å². The fraction of sp³-hybridized carbons (Fsp3) is 0.235. The van der Waals surface area contributed by atoms with E-state index >= 15 is 0 Å². The average Bonchev–Trinajstić information content (AvgIpc) is 3.86.